The van der Waals surface area contributed by atoms with E-state index in [0.717, 1.165) is 19.4 Å². The Morgan fingerprint density at radius 1 is 1.43 bits per heavy atom. The van der Waals surface area contributed by atoms with Gasteiger partial charge in [-0.3, -0.25) is 10.1 Å². The van der Waals surface area contributed by atoms with Gasteiger partial charge in [0, 0.05) is 11.4 Å². The highest BCUT2D eigenvalue weighted by atomic mass is 32.1. The van der Waals surface area contributed by atoms with E-state index in [1.54, 1.807) is 11.3 Å². The number of rotatable bonds is 6. The Morgan fingerprint density at radius 2 is 2.24 bits per heavy atom. The number of hydrogen-bond donors (Lipinski definition) is 1. The molecule has 2 fully saturated rings. The van der Waals surface area contributed by atoms with Gasteiger partial charge in [-0.05, 0) is 42.5 Å². The first-order chi connectivity index (χ1) is 10.2. The first-order valence-corrected chi connectivity index (χ1v) is 9.17. The fraction of sp³-hybridized carbons (Fsp3) is 0.706. The van der Waals surface area contributed by atoms with E-state index in [4.69, 9.17) is 0 Å². The molecule has 0 spiro atoms. The zero-order valence-corrected chi connectivity index (χ0v) is 13.9. The standard InChI is InChI=1S/C17H26N2OS/c1-3-7-13-16(20)19(12-17(4-2)9-6-10-17)15(18-13)14-8-5-11-21-14/h5,8,11,13,15,18H,3-4,6-7,9-10,12H2,1-2H3. The van der Waals surface area contributed by atoms with Crippen LogP contribution in [0.15, 0.2) is 17.5 Å². The van der Waals surface area contributed by atoms with Gasteiger partial charge in [0.05, 0.1) is 6.04 Å². The summed E-state index contributed by atoms with van der Waals surface area (Å²) in [6.45, 7) is 5.35. The van der Waals surface area contributed by atoms with Crippen LogP contribution >= 0.6 is 11.3 Å². The zero-order valence-electron chi connectivity index (χ0n) is 13.1. The van der Waals surface area contributed by atoms with Crippen LogP contribution in [-0.4, -0.2) is 23.4 Å². The molecule has 4 heteroatoms. The molecule has 21 heavy (non-hydrogen) atoms. The molecule has 2 unspecified atom stereocenters. The van der Waals surface area contributed by atoms with E-state index in [9.17, 15) is 4.79 Å². The molecular formula is C17H26N2OS. The van der Waals surface area contributed by atoms with Gasteiger partial charge in [-0.25, -0.2) is 0 Å². The second-order valence-corrected chi connectivity index (χ2v) is 7.58. The normalized spacial score (nSPS) is 27.9. The van der Waals surface area contributed by atoms with Gasteiger partial charge in [0.1, 0.15) is 6.17 Å². The summed E-state index contributed by atoms with van der Waals surface area (Å²) in [6, 6.07) is 4.24. The number of hydrogen-bond acceptors (Lipinski definition) is 3. The van der Waals surface area contributed by atoms with Crippen LogP contribution in [0.1, 0.15) is 63.4 Å². The van der Waals surface area contributed by atoms with Crippen LogP contribution in [0.2, 0.25) is 0 Å². The third-order valence-electron chi connectivity index (χ3n) is 5.31. The summed E-state index contributed by atoms with van der Waals surface area (Å²) in [7, 11) is 0. The minimum absolute atomic E-state index is 0.0103. The van der Waals surface area contributed by atoms with Crippen LogP contribution in [0.3, 0.4) is 0 Å². The summed E-state index contributed by atoms with van der Waals surface area (Å²) in [5.74, 6) is 0.315. The number of carbonyl (C=O) groups is 1. The zero-order chi connectivity index (χ0) is 14.9. The van der Waals surface area contributed by atoms with Gasteiger partial charge in [-0.15, -0.1) is 11.3 Å². The van der Waals surface area contributed by atoms with Gasteiger partial charge < -0.3 is 4.90 Å². The summed E-state index contributed by atoms with van der Waals surface area (Å²) in [6.07, 6.45) is 7.16. The van der Waals surface area contributed by atoms with Crippen molar-refractivity contribution >= 4 is 17.2 Å². The van der Waals surface area contributed by atoms with E-state index in [1.807, 2.05) is 0 Å². The van der Waals surface area contributed by atoms with Crippen molar-refractivity contribution in [3.8, 4) is 0 Å². The summed E-state index contributed by atoms with van der Waals surface area (Å²) in [5.41, 5.74) is 0.383. The highest BCUT2D eigenvalue weighted by Crippen LogP contribution is 2.46. The molecule has 116 valence electrons. The Labute approximate surface area is 131 Å². The summed E-state index contributed by atoms with van der Waals surface area (Å²) in [4.78, 5) is 16.2. The Hall–Kier alpha value is -0.870. The molecular weight excluding hydrogens is 280 g/mol. The lowest BCUT2D eigenvalue weighted by Crippen LogP contribution is -2.44. The maximum absolute atomic E-state index is 12.8. The fourth-order valence-corrected chi connectivity index (χ4v) is 4.48. The minimum Gasteiger partial charge on any atom is -0.320 e. The van der Waals surface area contributed by atoms with Gasteiger partial charge in [0.15, 0.2) is 0 Å². The molecule has 1 saturated carbocycles. The van der Waals surface area contributed by atoms with Crippen molar-refractivity contribution in [1.82, 2.24) is 10.2 Å². The van der Waals surface area contributed by atoms with Gasteiger partial charge in [0.2, 0.25) is 5.91 Å². The van der Waals surface area contributed by atoms with Crippen molar-refractivity contribution in [2.75, 3.05) is 6.54 Å². The lowest BCUT2D eigenvalue weighted by atomic mass is 9.66. The van der Waals surface area contributed by atoms with Crippen molar-refractivity contribution in [2.24, 2.45) is 5.41 Å². The van der Waals surface area contributed by atoms with Crippen LogP contribution in [-0.2, 0) is 4.79 Å². The predicted octanol–water partition coefficient (Wildman–Crippen LogP) is 3.93. The third-order valence-corrected chi connectivity index (χ3v) is 6.24. The Bertz CT molecular complexity index is 475. The van der Waals surface area contributed by atoms with Crippen LogP contribution in [0.5, 0.6) is 0 Å². The summed E-state index contributed by atoms with van der Waals surface area (Å²) < 4.78 is 0. The third kappa shape index (κ3) is 2.76. The molecule has 1 aliphatic heterocycles. The van der Waals surface area contributed by atoms with Crippen molar-refractivity contribution in [2.45, 2.75) is 64.6 Å². The number of amides is 1. The number of nitrogens with one attached hydrogen (secondary N) is 1. The van der Waals surface area contributed by atoms with E-state index < -0.39 is 0 Å². The monoisotopic (exact) mass is 306 g/mol. The van der Waals surface area contributed by atoms with Crippen LogP contribution in [0.4, 0.5) is 0 Å². The molecule has 2 aliphatic rings. The maximum atomic E-state index is 12.8. The van der Waals surface area contributed by atoms with Crippen molar-refractivity contribution < 1.29 is 4.79 Å². The highest BCUT2D eigenvalue weighted by molar-refractivity contribution is 7.10. The molecule has 1 N–H and O–H groups in total. The molecule has 1 aliphatic carbocycles. The van der Waals surface area contributed by atoms with Gasteiger partial charge in [-0.2, -0.15) is 0 Å². The van der Waals surface area contributed by atoms with E-state index >= 15 is 0 Å². The molecule has 3 nitrogen and oxygen atoms in total. The van der Waals surface area contributed by atoms with Crippen molar-refractivity contribution in [1.29, 1.82) is 0 Å². The summed E-state index contributed by atoms with van der Waals surface area (Å²) in [5, 5.41) is 5.68. The van der Waals surface area contributed by atoms with Crippen molar-refractivity contribution in [3.63, 3.8) is 0 Å². The van der Waals surface area contributed by atoms with Gasteiger partial charge in [-0.1, -0.05) is 32.8 Å². The quantitative estimate of drug-likeness (QED) is 0.863. The summed E-state index contributed by atoms with van der Waals surface area (Å²) >= 11 is 1.75. The smallest absolute Gasteiger partial charge is 0.241 e. The van der Waals surface area contributed by atoms with E-state index in [1.165, 1.54) is 30.6 Å². The second kappa shape index (κ2) is 6.09. The van der Waals surface area contributed by atoms with E-state index in [-0.39, 0.29) is 12.2 Å². The molecule has 1 aromatic heterocycles. The lowest BCUT2D eigenvalue weighted by Gasteiger charge is -2.44. The van der Waals surface area contributed by atoms with E-state index in [2.05, 4.69) is 41.6 Å². The Balaban J connectivity index is 1.81. The second-order valence-electron chi connectivity index (χ2n) is 6.60. The molecule has 1 amide bonds. The van der Waals surface area contributed by atoms with E-state index in [0.29, 0.717) is 11.3 Å². The predicted molar refractivity (Wildman–Crippen MR) is 87.2 cm³/mol. The molecule has 0 aromatic carbocycles. The van der Waals surface area contributed by atoms with Crippen LogP contribution in [0.25, 0.3) is 0 Å². The van der Waals surface area contributed by atoms with Gasteiger partial charge in [0.25, 0.3) is 0 Å². The van der Waals surface area contributed by atoms with Gasteiger partial charge >= 0.3 is 0 Å². The molecule has 0 radical (unpaired) electrons. The molecule has 1 saturated heterocycles. The largest absolute Gasteiger partial charge is 0.320 e. The minimum atomic E-state index is 0.0103. The Morgan fingerprint density at radius 3 is 2.76 bits per heavy atom. The number of carbonyl (C=O) groups excluding carboxylic acids is 1. The average molecular weight is 306 g/mol. The fourth-order valence-electron chi connectivity index (χ4n) is 3.69. The SMILES string of the molecule is CCCC1NC(c2cccs2)N(CC2(CC)CCC2)C1=O. The first kappa shape index (κ1) is 15.0. The average Bonchev–Trinajstić information content (AvgIpc) is 3.05. The van der Waals surface area contributed by atoms with Crippen LogP contribution < -0.4 is 5.32 Å². The molecule has 2 atom stereocenters. The Kier molecular flexibility index (Phi) is 4.36. The van der Waals surface area contributed by atoms with Crippen molar-refractivity contribution in [3.05, 3.63) is 22.4 Å². The molecule has 0 bridgehead atoms. The maximum Gasteiger partial charge on any atom is 0.241 e. The highest BCUT2D eigenvalue weighted by Gasteiger charge is 2.45. The first-order valence-electron chi connectivity index (χ1n) is 8.29. The number of nitrogens with zero attached hydrogens (tertiary/aromatic N) is 1. The van der Waals surface area contributed by atoms with Crippen LogP contribution in [0, 0.1) is 5.41 Å². The lowest BCUT2D eigenvalue weighted by molar-refractivity contribution is -0.133. The molecule has 2 heterocycles. The molecule has 1 aromatic rings. The molecule has 3 rings (SSSR count). The number of thiophene rings is 1. The topological polar surface area (TPSA) is 32.3 Å².